The summed E-state index contributed by atoms with van der Waals surface area (Å²) in [5.41, 5.74) is 13.6. The number of anilines is 1. The highest BCUT2D eigenvalue weighted by molar-refractivity contribution is 5.87. The molecule has 0 radical (unpaired) electrons. The van der Waals surface area contributed by atoms with Crippen LogP contribution in [-0.4, -0.2) is 60.9 Å². The van der Waals surface area contributed by atoms with E-state index in [1.807, 2.05) is 59.3 Å². The quantitative estimate of drug-likeness (QED) is 0.376. The lowest BCUT2D eigenvalue weighted by molar-refractivity contribution is -0.136. The van der Waals surface area contributed by atoms with Crippen LogP contribution in [0.3, 0.4) is 0 Å². The first kappa shape index (κ1) is 23.7. The molecule has 1 aliphatic rings. The number of benzene rings is 2. The Morgan fingerprint density at radius 1 is 1.11 bits per heavy atom. The van der Waals surface area contributed by atoms with Crippen LogP contribution in [0.15, 0.2) is 60.8 Å². The molecular formula is C26H29N7O3. The van der Waals surface area contributed by atoms with E-state index in [2.05, 4.69) is 10.1 Å². The first-order valence-electron chi connectivity index (χ1n) is 12.0. The third kappa shape index (κ3) is 4.73. The van der Waals surface area contributed by atoms with Gasteiger partial charge in [-0.15, -0.1) is 0 Å². The maximum absolute atomic E-state index is 12.7. The van der Waals surface area contributed by atoms with Crippen molar-refractivity contribution in [2.24, 2.45) is 5.73 Å². The summed E-state index contributed by atoms with van der Waals surface area (Å²) in [7, 11) is 0. The second-order valence-corrected chi connectivity index (χ2v) is 9.05. The molecule has 1 amide bonds. The average molecular weight is 488 g/mol. The van der Waals surface area contributed by atoms with Gasteiger partial charge in [0.2, 0.25) is 5.91 Å². The Morgan fingerprint density at radius 2 is 1.83 bits per heavy atom. The van der Waals surface area contributed by atoms with Crippen molar-refractivity contribution in [2.75, 3.05) is 18.8 Å². The van der Waals surface area contributed by atoms with E-state index in [0.717, 1.165) is 24.2 Å². The zero-order valence-electron chi connectivity index (χ0n) is 20.0. The van der Waals surface area contributed by atoms with Gasteiger partial charge in [0, 0.05) is 18.7 Å². The zero-order chi connectivity index (χ0) is 25.2. The molecule has 186 valence electrons. The van der Waals surface area contributed by atoms with Gasteiger partial charge in [-0.1, -0.05) is 18.2 Å². The van der Waals surface area contributed by atoms with Crippen LogP contribution in [0.1, 0.15) is 25.8 Å². The molecule has 10 heteroatoms. The number of hydrogen-bond acceptors (Lipinski definition) is 8. The van der Waals surface area contributed by atoms with E-state index in [1.165, 1.54) is 6.92 Å². The summed E-state index contributed by atoms with van der Waals surface area (Å²) in [5.74, 6) is 2.01. The van der Waals surface area contributed by atoms with Crippen LogP contribution in [-0.2, 0) is 4.79 Å². The van der Waals surface area contributed by atoms with E-state index in [4.69, 9.17) is 21.2 Å². The number of piperidine rings is 1. The van der Waals surface area contributed by atoms with Crippen LogP contribution in [0, 0.1) is 0 Å². The topological polar surface area (TPSA) is 145 Å². The number of amides is 1. The number of ether oxygens (including phenoxy) is 1. The number of para-hydroxylation sites is 1. The lowest BCUT2D eigenvalue weighted by atomic mass is 10.0. The maximum atomic E-state index is 12.7. The number of nitrogens with two attached hydrogens (primary N) is 2. The van der Waals surface area contributed by atoms with Gasteiger partial charge in [-0.2, -0.15) is 5.10 Å². The van der Waals surface area contributed by atoms with Crippen molar-refractivity contribution in [3.63, 3.8) is 0 Å². The maximum Gasteiger partial charge on any atom is 0.242 e. The van der Waals surface area contributed by atoms with Gasteiger partial charge < -0.3 is 26.2 Å². The van der Waals surface area contributed by atoms with Gasteiger partial charge in [0.15, 0.2) is 11.5 Å². The number of aliphatic hydroxyl groups is 1. The summed E-state index contributed by atoms with van der Waals surface area (Å²) in [6.07, 6.45) is 2.37. The second-order valence-electron chi connectivity index (χ2n) is 9.05. The van der Waals surface area contributed by atoms with Crippen molar-refractivity contribution in [3.8, 4) is 22.9 Å². The lowest BCUT2D eigenvalue weighted by Crippen LogP contribution is -2.52. The molecule has 1 fully saturated rings. The third-order valence-corrected chi connectivity index (χ3v) is 6.43. The molecule has 4 aromatic rings. The highest BCUT2D eigenvalue weighted by Gasteiger charge is 2.31. The minimum atomic E-state index is -0.948. The fraction of sp³-hybridized carbons (Fsp3) is 0.308. The summed E-state index contributed by atoms with van der Waals surface area (Å²) in [6.45, 7) is 2.54. The van der Waals surface area contributed by atoms with E-state index in [-0.39, 0.29) is 11.9 Å². The number of aliphatic hydroxyl groups excluding tert-OH is 1. The molecule has 0 saturated carbocycles. The first-order valence-corrected chi connectivity index (χ1v) is 12.0. The smallest absolute Gasteiger partial charge is 0.242 e. The monoisotopic (exact) mass is 487 g/mol. The number of carbonyl (C=O) groups excluding carboxylic acids is 1. The van der Waals surface area contributed by atoms with E-state index in [1.54, 1.807) is 11.1 Å². The van der Waals surface area contributed by atoms with Crippen LogP contribution >= 0.6 is 0 Å². The number of nitrogens with zero attached hydrogens (tertiary/aromatic N) is 5. The van der Waals surface area contributed by atoms with Gasteiger partial charge in [0.1, 0.15) is 23.4 Å². The minimum absolute atomic E-state index is 0.0924. The number of rotatable bonds is 6. The predicted molar refractivity (Wildman–Crippen MR) is 136 cm³/mol. The Balaban J connectivity index is 1.40. The summed E-state index contributed by atoms with van der Waals surface area (Å²) in [6, 6.07) is 16.0. The van der Waals surface area contributed by atoms with Crippen LogP contribution < -0.4 is 16.2 Å². The van der Waals surface area contributed by atoms with Crippen molar-refractivity contribution in [1.82, 2.24) is 24.6 Å². The van der Waals surface area contributed by atoms with Crippen molar-refractivity contribution < 1.29 is 14.6 Å². The number of aromatic nitrogens is 4. The van der Waals surface area contributed by atoms with Crippen LogP contribution in [0.5, 0.6) is 11.5 Å². The van der Waals surface area contributed by atoms with E-state index >= 15 is 0 Å². The molecule has 3 atom stereocenters. The van der Waals surface area contributed by atoms with Gasteiger partial charge in [0.05, 0.1) is 23.7 Å². The largest absolute Gasteiger partial charge is 0.457 e. The van der Waals surface area contributed by atoms with Crippen molar-refractivity contribution in [3.05, 3.63) is 60.8 Å². The average Bonchev–Trinajstić information content (AvgIpc) is 3.33. The predicted octanol–water partition coefficient (Wildman–Crippen LogP) is 2.74. The van der Waals surface area contributed by atoms with Crippen LogP contribution in [0.2, 0.25) is 0 Å². The van der Waals surface area contributed by atoms with E-state index in [9.17, 15) is 9.90 Å². The molecule has 5 rings (SSSR count). The Hall–Kier alpha value is -4.02. The van der Waals surface area contributed by atoms with Gasteiger partial charge in [-0.3, -0.25) is 4.79 Å². The highest BCUT2D eigenvalue weighted by Crippen LogP contribution is 2.30. The Morgan fingerprint density at radius 3 is 2.56 bits per heavy atom. The molecule has 1 aliphatic heterocycles. The second kappa shape index (κ2) is 9.92. The van der Waals surface area contributed by atoms with Gasteiger partial charge in [-0.25, -0.2) is 14.6 Å². The van der Waals surface area contributed by atoms with Gasteiger partial charge in [-0.05, 0) is 56.2 Å². The molecule has 0 bridgehead atoms. The normalized spacial score (nSPS) is 17.6. The van der Waals surface area contributed by atoms with E-state index in [0.29, 0.717) is 41.5 Å². The highest BCUT2D eigenvalue weighted by atomic mass is 16.5. The molecule has 1 unspecified atom stereocenters. The molecule has 2 aromatic heterocycles. The zero-order valence-corrected chi connectivity index (χ0v) is 20.0. The first-order chi connectivity index (χ1) is 17.4. The van der Waals surface area contributed by atoms with Crippen LogP contribution in [0.25, 0.3) is 22.4 Å². The Kier molecular flexibility index (Phi) is 6.53. The van der Waals surface area contributed by atoms with E-state index < -0.39 is 12.1 Å². The van der Waals surface area contributed by atoms with Gasteiger partial charge >= 0.3 is 0 Å². The molecular weight excluding hydrogens is 458 g/mol. The fourth-order valence-electron chi connectivity index (χ4n) is 4.41. The molecule has 1 saturated heterocycles. The Bertz CT molecular complexity index is 1360. The standard InChI is InChI=1S/C26H29N7O3/c1-16(34)22(27)26(35)32-13-5-6-18(15-32)33-25-21(14-29-33)23(28)30-24(31-25)17-9-11-20(12-10-17)36-19-7-3-2-4-8-19/h2-4,7-12,14,16,18,22,34H,5-6,13,15,27H2,1H3,(H2,28,30,31)/t16-,18-,22?/m1/s1. The molecule has 2 aromatic carbocycles. The number of carbonyl (C=O) groups is 1. The fourth-order valence-corrected chi connectivity index (χ4v) is 4.41. The van der Waals surface area contributed by atoms with Crippen molar-refractivity contribution in [1.29, 1.82) is 0 Å². The SMILES string of the molecule is C[C@@H](O)C(N)C(=O)N1CCC[C@@H](n2ncc3c(N)nc(-c4ccc(Oc5ccccc5)cc4)nc32)C1. The number of fused-ring (bicyclic) bond motifs is 1. The summed E-state index contributed by atoms with van der Waals surface area (Å²) < 4.78 is 7.69. The number of likely N-dealkylation sites (tertiary alicyclic amines) is 1. The number of hydrogen-bond donors (Lipinski definition) is 3. The van der Waals surface area contributed by atoms with Gasteiger partial charge in [0.25, 0.3) is 0 Å². The molecule has 0 aliphatic carbocycles. The molecule has 5 N–H and O–H groups in total. The van der Waals surface area contributed by atoms with Crippen molar-refractivity contribution in [2.45, 2.75) is 38.0 Å². The van der Waals surface area contributed by atoms with Crippen LogP contribution in [0.4, 0.5) is 5.82 Å². The molecule has 0 spiro atoms. The van der Waals surface area contributed by atoms with Crippen molar-refractivity contribution >= 4 is 22.8 Å². The lowest BCUT2D eigenvalue weighted by Gasteiger charge is -2.34. The Labute approximate surface area is 208 Å². The minimum Gasteiger partial charge on any atom is -0.457 e. The number of nitrogen functional groups attached to an aromatic ring is 1. The summed E-state index contributed by atoms with van der Waals surface area (Å²) >= 11 is 0. The summed E-state index contributed by atoms with van der Waals surface area (Å²) in [4.78, 5) is 23.7. The molecule has 36 heavy (non-hydrogen) atoms. The third-order valence-electron chi connectivity index (χ3n) is 6.43. The molecule has 10 nitrogen and oxygen atoms in total. The molecule has 3 heterocycles. The summed E-state index contributed by atoms with van der Waals surface area (Å²) in [5, 5.41) is 14.9.